The van der Waals surface area contributed by atoms with Crippen molar-refractivity contribution in [2.24, 2.45) is 17.6 Å². The Bertz CT molecular complexity index is 817. The molecule has 1 aromatic rings. The van der Waals surface area contributed by atoms with Crippen LogP contribution in [0.5, 0.6) is 0 Å². The van der Waals surface area contributed by atoms with Gasteiger partial charge >= 0.3 is 6.09 Å². The molecular weight excluding hydrogens is 394 g/mol. The van der Waals surface area contributed by atoms with Gasteiger partial charge in [0.25, 0.3) is 0 Å². The molecule has 3 amide bonds. The number of nitrogens with one attached hydrogen (secondary N) is 1. The van der Waals surface area contributed by atoms with Crippen molar-refractivity contribution in [1.29, 1.82) is 0 Å². The van der Waals surface area contributed by atoms with Gasteiger partial charge in [-0.2, -0.15) is 0 Å². The highest BCUT2D eigenvalue weighted by atomic mass is 16.6. The molecule has 3 fully saturated rings. The molecule has 2 atom stereocenters. The van der Waals surface area contributed by atoms with Crippen LogP contribution in [-0.4, -0.2) is 41.5 Å². The lowest BCUT2D eigenvalue weighted by atomic mass is 9.78. The minimum absolute atomic E-state index is 0.00637. The summed E-state index contributed by atoms with van der Waals surface area (Å²) in [5.74, 6) is -0.0600. The van der Waals surface area contributed by atoms with Gasteiger partial charge in [-0.05, 0) is 75.0 Å². The second-order valence-electron chi connectivity index (χ2n) is 9.33. The molecule has 7 nitrogen and oxygen atoms in total. The molecule has 0 radical (unpaired) electrons. The first-order valence-electron chi connectivity index (χ1n) is 11.6. The molecule has 3 N–H and O–H groups in total. The van der Waals surface area contributed by atoms with E-state index in [0.717, 1.165) is 63.5 Å². The van der Waals surface area contributed by atoms with Crippen molar-refractivity contribution in [3.05, 3.63) is 35.4 Å². The zero-order chi connectivity index (χ0) is 21.8. The number of ether oxygens (including phenoxy) is 1. The Hall–Kier alpha value is -2.57. The van der Waals surface area contributed by atoms with Crippen LogP contribution in [0.2, 0.25) is 0 Å². The topological polar surface area (TPSA) is 102 Å². The van der Waals surface area contributed by atoms with E-state index >= 15 is 0 Å². The zero-order valence-corrected chi connectivity index (χ0v) is 18.1. The van der Waals surface area contributed by atoms with Crippen LogP contribution in [0, 0.1) is 11.8 Å². The Morgan fingerprint density at radius 2 is 1.81 bits per heavy atom. The number of hydrogen-bond donors (Lipinski definition) is 2. The lowest BCUT2D eigenvalue weighted by Crippen LogP contribution is -2.54. The zero-order valence-electron chi connectivity index (χ0n) is 18.1. The maximum absolute atomic E-state index is 13.3. The van der Waals surface area contributed by atoms with Crippen LogP contribution in [0.15, 0.2) is 24.3 Å². The van der Waals surface area contributed by atoms with E-state index in [1.807, 2.05) is 11.0 Å². The van der Waals surface area contributed by atoms with Gasteiger partial charge in [-0.15, -0.1) is 0 Å². The number of amides is 3. The number of hydrogen-bond acceptors (Lipinski definition) is 4. The molecule has 31 heavy (non-hydrogen) atoms. The van der Waals surface area contributed by atoms with Gasteiger partial charge in [0, 0.05) is 24.7 Å². The predicted molar refractivity (Wildman–Crippen MR) is 116 cm³/mol. The molecule has 168 valence electrons. The number of nitrogens with two attached hydrogens (primary N) is 1. The normalized spacial score (nSPS) is 23.5. The van der Waals surface area contributed by atoms with Crippen LogP contribution in [0.4, 0.5) is 4.79 Å². The van der Waals surface area contributed by atoms with Crippen LogP contribution >= 0.6 is 0 Å². The summed E-state index contributed by atoms with van der Waals surface area (Å²) in [6.07, 6.45) is 8.76. The fourth-order valence-corrected chi connectivity index (χ4v) is 4.61. The lowest BCUT2D eigenvalue weighted by molar-refractivity contribution is -0.140. The van der Waals surface area contributed by atoms with Gasteiger partial charge < -0.3 is 20.7 Å². The maximum atomic E-state index is 13.3. The summed E-state index contributed by atoms with van der Waals surface area (Å²) in [7, 11) is 0. The van der Waals surface area contributed by atoms with E-state index in [1.165, 1.54) is 6.42 Å². The lowest BCUT2D eigenvalue weighted by Gasteiger charge is -2.39. The fraction of sp³-hybridized carbons (Fsp3) is 0.625. The molecule has 3 saturated carbocycles. The van der Waals surface area contributed by atoms with Crippen molar-refractivity contribution in [3.8, 4) is 0 Å². The maximum Gasteiger partial charge on any atom is 0.407 e. The van der Waals surface area contributed by atoms with Gasteiger partial charge in [-0.1, -0.05) is 18.6 Å². The molecule has 0 spiro atoms. The largest absolute Gasteiger partial charge is 0.446 e. The third-order valence-corrected chi connectivity index (χ3v) is 6.79. The van der Waals surface area contributed by atoms with E-state index in [4.69, 9.17) is 10.5 Å². The van der Waals surface area contributed by atoms with E-state index in [9.17, 15) is 14.4 Å². The van der Waals surface area contributed by atoms with Gasteiger partial charge in [0.1, 0.15) is 6.10 Å². The van der Waals surface area contributed by atoms with Crippen molar-refractivity contribution in [2.75, 3.05) is 6.54 Å². The van der Waals surface area contributed by atoms with Gasteiger partial charge in [0.05, 0.1) is 5.92 Å². The summed E-state index contributed by atoms with van der Waals surface area (Å²) < 4.78 is 5.57. The summed E-state index contributed by atoms with van der Waals surface area (Å²) in [5, 5.41) is 2.94. The number of benzene rings is 1. The van der Waals surface area contributed by atoms with Crippen LogP contribution in [0.1, 0.15) is 73.7 Å². The van der Waals surface area contributed by atoms with Gasteiger partial charge in [-0.3, -0.25) is 9.59 Å². The number of carbonyl (C=O) groups excluding carboxylic acids is 3. The average molecular weight is 428 g/mol. The molecule has 0 saturated heterocycles. The highest BCUT2D eigenvalue weighted by molar-refractivity contribution is 5.92. The summed E-state index contributed by atoms with van der Waals surface area (Å²) in [6, 6.07) is 6.99. The molecule has 3 aliphatic rings. The van der Waals surface area contributed by atoms with Gasteiger partial charge in [0.2, 0.25) is 11.8 Å². The van der Waals surface area contributed by atoms with E-state index in [-0.39, 0.29) is 24.0 Å². The van der Waals surface area contributed by atoms with Gasteiger partial charge in [0.15, 0.2) is 0 Å². The van der Waals surface area contributed by atoms with Crippen molar-refractivity contribution < 1.29 is 19.1 Å². The first-order valence-corrected chi connectivity index (χ1v) is 11.6. The quantitative estimate of drug-likeness (QED) is 0.664. The summed E-state index contributed by atoms with van der Waals surface area (Å²) >= 11 is 0. The summed E-state index contributed by atoms with van der Waals surface area (Å²) in [4.78, 5) is 39.1. The van der Waals surface area contributed by atoms with E-state index in [1.54, 1.807) is 18.2 Å². The third-order valence-electron chi connectivity index (χ3n) is 6.79. The standard InChI is InChI=1S/C24H33N3O4/c25-22(28)18-6-4-5-17(13-18)15-27(14-16-9-10-16)23(29)20-11-12-21(20)26-24(30)31-19-7-2-1-3-8-19/h4-6,13,16,19-21H,1-3,7-12,14-15H2,(H2,25,28)(H,26,30)/t20-,21+/m0/s1. The molecule has 0 heterocycles. The Balaban J connectivity index is 1.35. The van der Waals surface area contributed by atoms with Crippen molar-refractivity contribution in [3.63, 3.8) is 0 Å². The second kappa shape index (κ2) is 9.71. The molecule has 0 aromatic heterocycles. The van der Waals surface area contributed by atoms with Crippen molar-refractivity contribution in [1.82, 2.24) is 10.2 Å². The number of nitrogens with zero attached hydrogens (tertiary/aromatic N) is 1. The predicted octanol–water partition coefficient (Wildman–Crippen LogP) is 3.36. The molecule has 3 aliphatic carbocycles. The van der Waals surface area contributed by atoms with Crippen molar-refractivity contribution in [2.45, 2.75) is 76.5 Å². The fourth-order valence-electron chi connectivity index (χ4n) is 4.61. The Labute approximate surface area is 183 Å². The van der Waals surface area contributed by atoms with Crippen LogP contribution in [0.3, 0.4) is 0 Å². The first-order chi connectivity index (χ1) is 15.0. The smallest absolute Gasteiger partial charge is 0.407 e. The molecule has 0 aliphatic heterocycles. The molecule has 0 bridgehead atoms. The molecule has 0 unspecified atom stereocenters. The highest BCUT2D eigenvalue weighted by Crippen LogP contribution is 2.34. The van der Waals surface area contributed by atoms with Crippen LogP contribution in [0.25, 0.3) is 0 Å². The van der Waals surface area contributed by atoms with E-state index < -0.39 is 12.0 Å². The number of carbonyl (C=O) groups is 3. The molecule has 4 rings (SSSR count). The second-order valence-corrected chi connectivity index (χ2v) is 9.33. The number of primary amides is 1. The highest BCUT2D eigenvalue weighted by Gasteiger charge is 2.41. The first kappa shape index (κ1) is 21.7. The van der Waals surface area contributed by atoms with Crippen LogP contribution in [-0.2, 0) is 16.1 Å². The number of alkyl carbamates (subject to hydrolysis) is 1. The average Bonchev–Trinajstić information content (AvgIpc) is 3.56. The Morgan fingerprint density at radius 3 is 2.45 bits per heavy atom. The SMILES string of the molecule is NC(=O)c1cccc(CN(CC2CC2)C(=O)[C@H]2CC[C@H]2NC(=O)OC2CCCCC2)c1. The molecular formula is C24H33N3O4. The monoisotopic (exact) mass is 427 g/mol. The third kappa shape index (κ3) is 5.77. The van der Waals surface area contributed by atoms with E-state index in [0.29, 0.717) is 18.0 Å². The molecule has 1 aromatic carbocycles. The minimum atomic E-state index is -0.471. The summed E-state index contributed by atoms with van der Waals surface area (Å²) in [5.41, 5.74) is 6.75. The summed E-state index contributed by atoms with van der Waals surface area (Å²) in [6.45, 7) is 1.17. The van der Waals surface area contributed by atoms with E-state index in [2.05, 4.69) is 5.32 Å². The van der Waals surface area contributed by atoms with Gasteiger partial charge in [-0.25, -0.2) is 4.79 Å². The van der Waals surface area contributed by atoms with Crippen molar-refractivity contribution >= 4 is 17.9 Å². The van der Waals surface area contributed by atoms with Crippen LogP contribution < -0.4 is 11.1 Å². The Kier molecular flexibility index (Phi) is 6.78. The minimum Gasteiger partial charge on any atom is -0.446 e. The molecule has 7 heteroatoms. The number of rotatable bonds is 8. The Morgan fingerprint density at radius 1 is 1.03 bits per heavy atom.